The first kappa shape index (κ1) is 28.7. The Morgan fingerprint density at radius 1 is 1.09 bits per heavy atom. The number of rotatable bonds is 7. The van der Waals surface area contributed by atoms with E-state index < -0.39 is 0 Å². The SMILES string of the molecule is CCC(C)C1CCC(C(=O)Nc2ccc(C)c(OC)c2)CC1.CCc1c(Cl)cccc1NC(C)=O. The molecular formula is C29H41ClN2O3. The van der Waals surface area contributed by atoms with Crippen molar-refractivity contribution in [3.8, 4) is 5.75 Å². The van der Waals surface area contributed by atoms with Gasteiger partial charge in [-0.2, -0.15) is 0 Å². The third kappa shape index (κ3) is 8.57. The molecule has 0 heterocycles. The molecule has 1 aliphatic carbocycles. The summed E-state index contributed by atoms with van der Waals surface area (Å²) in [6, 6.07) is 11.3. The number of nitrogens with one attached hydrogen (secondary N) is 2. The lowest BCUT2D eigenvalue weighted by molar-refractivity contribution is -0.121. The molecule has 35 heavy (non-hydrogen) atoms. The van der Waals surface area contributed by atoms with Crippen LogP contribution in [0.1, 0.15) is 70.9 Å². The average Bonchev–Trinajstić information content (AvgIpc) is 2.85. The zero-order valence-electron chi connectivity index (χ0n) is 22.0. The molecule has 1 saturated carbocycles. The molecule has 0 spiro atoms. The third-order valence-electron chi connectivity index (χ3n) is 7.05. The van der Waals surface area contributed by atoms with Gasteiger partial charge in [-0.15, -0.1) is 0 Å². The summed E-state index contributed by atoms with van der Waals surface area (Å²) in [6.07, 6.45) is 6.46. The first-order chi connectivity index (χ1) is 16.7. The Bertz CT molecular complexity index is 984. The highest BCUT2D eigenvalue weighted by Crippen LogP contribution is 2.35. The van der Waals surface area contributed by atoms with Crippen molar-refractivity contribution in [3.63, 3.8) is 0 Å². The molecular weight excluding hydrogens is 460 g/mol. The van der Waals surface area contributed by atoms with Crippen LogP contribution < -0.4 is 15.4 Å². The standard InChI is InChI=1S/C19H29NO2.C10H12ClNO/c1-5-13(2)15-7-9-16(10-8-15)19(21)20-17-11-6-14(3)18(12-17)22-4;1-3-8-9(11)5-4-6-10(8)12-7(2)13/h6,11-13,15-16H,5,7-10H2,1-4H3,(H,20,21);4-6H,3H2,1-2H3,(H,12,13). The number of anilines is 2. The van der Waals surface area contributed by atoms with Crippen molar-refractivity contribution >= 4 is 34.8 Å². The van der Waals surface area contributed by atoms with Gasteiger partial charge in [-0.1, -0.05) is 50.9 Å². The number of carbonyl (C=O) groups is 2. The lowest BCUT2D eigenvalue weighted by Crippen LogP contribution is -2.28. The van der Waals surface area contributed by atoms with Gasteiger partial charge in [-0.3, -0.25) is 9.59 Å². The van der Waals surface area contributed by atoms with Crippen molar-refractivity contribution in [1.29, 1.82) is 0 Å². The number of benzene rings is 2. The van der Waals surface area contributed by atoms with Crippen LogP contribution in [0.5, 0.6) is 5.75 Å². The van der Waals surface area contributed by atoms with E-state index in [4.69, 9.17) is 16.3 Å². The summed E-state index contributed by atoms with van der Waals surface area (Å²) in [5.41, 5.74) is 3.70. The first-order valence-electron chi connectivity index (χ1n) is 12.7. The van der Waals surface area contributed by atoms with Gasteiger partial charge in [0.2, 0.25) is 11.8 Å². The minimum Gasteiger partial charge on any atom is -0.496 e. The van der Waals surface area contributed by atoms with Crippen molar-refractivity contribution in [3.05, 3.63) is 52.5 Å². The Morgan fingerprint density at radius 2 is 1.77 bits per heavy atom. The van der Waals surface area contributed by atoms with Crippen LogP contribution in [-0.2, 0) is 16.0 Å². The Balaban J connectivity index is 0.000000283. The molecule has 0 saturated heterocycles. The first-order valence-corrected chi connectivity index (χ1v) is 13.1. The van der Waals surface area contributed by atoms with Crippen LogP contribution in [0.2, 0.25) is 5.02 Å². The average molecular weight is 501 g/mol. The number of amides is 2. The summed E-state index contributed by atoms with van der Waals surface area (Å²) in [4.78, 5) is 23.3. The number of hydrogen-bond acceptors (Lipinski definition) is 3. The molecule has 5 nitrogen and oxygen atoms in total. The van der Waals surface area contributed by atoms with Crippen LogP contribution in [0.3, 0.4) is 0 Å². The van der Waals surface area contributed by atoms with Crippen LogP contribution in [0.4, 0.5) is 11.4 Å². The minimum absolute atomic E-state index is 0.0723. The zero-order valence-corrected chi connectivity index (χ0v) is 22.8. The highest BCUT2D eigenvalue weighted by atomic mass is 35.5. The van der Waals surface area contributed by atoms with Gasteiger partial charge < -0.3 is 15.4 Å². The number of ether oxygens (including phenoxy) is 1. The highest BCUT2D eigenvalue weighted by molar-refractivity contribution is 6.31. The molecule has 192 valence electrons. The molecule has 1 unspecified atom stereocenters. The van der Waals surface area contributed by atoms with Crippen LogP contribution in [0.25, 0.3) is 0 Å². The molecule has 1 atom stereocenters. The molecule has 2 aromatic carbocycles. The summed E-state index contributed by atoms with van der Waals surface area (Å²) >= 11 is 5.96. The molecule has 0 bridgehead atoms. The smallest absolute Gasteiger partial charge is 0.227 e. The number of carbonyl (C=O) groups excluding carboxylic acids is 2. The fraction of sp³-hybridized carbons (Fsp3) is 0.517. The molecule has 2 amide bonds. The number of hydrogen-bond donors (Lipinski definition) is 2. The molecule has 6 heteroatoms. The van der Waals surface area contributed by atoms with E-state index in [0.29, 0.717) is 5.02 Å². The number of aryl methyl sites for hydroxylation is 1. The van der Waals surface area contributed by atoms with Gasteiger partial charge in [-0.05, 0) is 80.2 Å². The summed E-state index contributed by atoms with van der Waals surface area (Å²) in [7, 11) is 1.66. The van der Waals surface area contributed by atoms with E-state index in [9.17, 15) is 9.59 Å². The second kappa shape index (κ2) is 14.1. The normalized spacial score (nSPS) is 18.0. The predicted molar refractivity (Wildman–Crippen MR) is 146 cm³/mol. The van der Waals surface area contributed by atoms with Crippen LogP contribution >= 0.6 is 11.6 Å². The Morgan fingerprint density at radius 3 is 2.34 bits per heavy atom. The topological polar surface area (TPSA) is 67.4 Å². The van der Waals surface area contributed by atoms with Gasteiger partial charge in [0, 0.05) is 35.3 Å². The predicted octanol–water partition coefficient (Wildman–Crippen LogP) is 7.66. The molecule has 2 aromatic rings. The molecule has 2 N–H and O–H groups in total. The molecule has 0 aliphatic heterocycles. The quantitative estimate of drug-likeness (QED) is 0.410. The molecule has 0 aromatic heterocycles. The van der Waals surface area contributed by atoms with Gasteiger partial charge >= 0.3 is 0 Å². The maximum atomic E-state index is 12.4. The van der Waals surface area contributed by atoms with E-state index in [2.05, 4.69) is 24.5 Å². The maximum absolute atomic E-state index is 12.4. The monoisotopic (exact) mass is 500 g/mol. The number of halogens is 1. The van der Waals surface area contributed by atoms with Crippen LogP contribution in [0.15, 0.2) is 36.4 Å². The Labute approximate surface area is 216 Å². The van der Waals surface area contributed by atoms with Gasteiger partial charge in [-0.25, -0.2) is 0 Å². The molecule has 1 aliphatic rings. The third-order valence-corrected chi connectivity index (χ3v) is 7.40. The summed E-state index contributed by atoms with van der Waals surface area (Å²) in [5, 5.41) is 6.50. The Hall–Kier alpha value is -2.53. The maximum Gasteiger partial charge on any atom is 0.227 e. The Kier molecular flexibility index (Phi) is 11.6. The second-order valence-electron chi connectivity index (χ2n) is 9.47. The second-order valence-corrected chi connectivity index (χ2v) is 9.88. The van der Waals surface area contributed by atoms with Gasteiger partial charge in [0.1, 0.15) is 5.75 Å². The largest absolute Gasteiger partial charge is 0.496 e. The van der Waals surface area contributed by atoms with E-state index in [0.717, 1.165) is 59.3 Å². The summed E-state index contributed by atoms with van der Waals surface area (Å²) in [6.45, 7) is 10.1. The van der Waals surface area contributed by atoms with Crippen molar-refractivity contribution in [1.82, 2.24) is 0 Å². The molecule has 0 radical (unpaired) electrons. The molecule has 3 rings (SSSR count). The van der Waals surface area contributed by atoms with E-state index >= 15 is 0 Å². The fourth-order valence-corrected chi connectivity index (χ4v) is 4.96. The minimum atomic E-state index is -0.0723. The van der Waals surface area contributed by atoms with Crippen molar-refractivity contribution in [2.45, 2.75) is 73.1 Å². The van der Waals surface area contributed by atoms with E-state index in [1.54, 1.807) is 7.11 Å². The number of methoxy groups -OCH3 is 1. The highest BCUT2D eigenvalue weighted by Gasteiger charge is 2.28. The van der Waals surface area contributed by atoms with Crippen LogP contribution in [0, 0.1) is 24.7 Å². The van der Waals surface area contributed by atoms with Crippen LogP contribution in [-0.4, -0.2) is 18.9 Å². The van der Waals surface area contributed by atoms with E-state index in [1.807, 2.05) is 50.2 Å². The molecule has 1 fully saturated rings. The zero-order chi connectivity index (χ0) is 26.0. The van der Waals surface area contributed by atoms with Gasteiger partial charge in [0.25, 0.3) is 0 Å². The van der Waals surface area contributed by atoms with E-state index in [-0.39, 0.29) is 17.7 Å². The lowest BCUT2D eigenvalue weighted by atomic mass is 9.75. The summed E-state index contributed by atoms with van der Waals surface area (Å²) < 4.78 is 5.31. The van der Waals surface area contributed by atoms with Gasteiger partial charge in [0.15, 0.2) is 0 Å². The van der Waals surface area contributed by atoms with Crippen molar-refractivity contribution in [2.75, 3.05) is 17.7 Å². The van der Waals surface area contributed by atoms with Gasteiger partial charge in [0.05, 0.1) is 7.11 Å². The van der Waals surface area contributed by atoms with E-state index in [1.165, 1.54) is 26.2 Å². The lowest BCUT2D eigenvalue weighted by Gasteiger charge is -2.31. The van der Waals surface area contributed by atoms with Crippen molar-refractivity contribution in [2.24, 2.45) is 17.8 Å². The summed E-state index contributed by atoms with van der Waals surface area (Å²) in [5.74, 6) is 2.65. The fourth-order valence-electron chi connectivity index (χ4n) is 4.65. The van der Waals surface area contributed by atoms with Crippen molar-refractivity contribution < 1.29 is 14.3 Å².